The lowest BCUT2D eigenvalue weighted by atomic mass is 9.95. The molecular formula is C15H15ClN2O2. The van der Waals surface area contributed by atoms with Crippen LogP contribution in [0.1, 0.15) is 19.8 Å². The van der Waals surface area contributed by atoms with Gasteiger partial charge in [-0.3, -0.25) is 4.98 Å². The topological polar surface area (TPSA) is 62.2 Å². The van der Waals surface area contributed by atoms with Gasteiger partial charge in [0.15, 0.2) is 0 Å². The van der Waals surface area contributed by atoms with Gasteiger partial charge in [0.1, 0.15) is 5.54 Å². The van der Waals surface area contributed by atoms with Crippen molar-refractivity contribution in [1.29, 1.82) is 0 Å². The molecule has 5 heteroatoms. The van der Waals surface area contributed by atoms with E-state index in [0.29, 0.717) is 5.02 Å². The van der Waals surface area contributed by atoms with Gasteiger partial charge in [0.2, 0.25) is 0 Å². The van der Waals surface area contributed by atoms with Crippen LogP contribution in [0.25, 0.3) is 10.9 Å². The summed E-state index contributed by atoms with van der Waals surface area (Å²) in [7, 11) is 0. The molecule has 104 valence electrons. The second-order valence-electron chi connectivity index (χ2n) is 5.43. The molecule has 1 aromatic carbocycles. The van der Waals surface area contributed by atoms with Crippen LogP contribution in [0.4, 0.5) is 5.69 Å². The molecule has 0 amide bonds. The fraction of sp³-hybridized carbons (Fsp3) is 0.333. The molecule has 1 atom stereocenters. The fourth-order valence-corrected chi connectivity index (χ4v) is 2.67. The Morgan fingerprint density at radius 3 is 2.85 bits per heavy atom. The molecule has 0 saturated heterocycles. The number of rotatable bonds is 4. The minimum atomic E-state index is -0.937. The number of nitrogens with zero attached hydrogens (tertiary/aromatic N) is 1. The highest BCUT2D eigenvalue weighted by Crippen LogP contribution is 2.42. The number of anilines is 1. The lowest BCUT2D eigenvalue weighted by Gasteiger charge is -2.28. The SMILES string of the molecule is CC(Nc1ccnc2cc(Cl)ccc12)(C(=O)O)C1CC1. The number of fused-ring (bicyclic) bond motifs is 1. The lowest BCUT2D eigenvalue weighted by Crippen LogP contribution is -2.45. The van der Waals surface area contributed by atoms with Crippen LogP contribution < -0.4 is 5.32 Å². The van der Waals surface area contributed by atoms with Crippen molar-refractivity contribution in [1.82, 2.24) is 4.98 Å². The van der Waals surface area contributed by atoms with Crippen LogP contribution in [0.3, 0.4) is 0 Å². The molecule has 1 fully saturated rings. The summed E-state index contributed by atoms with van der Waals surface area (Å²) in [6.45, 7) is 1.75. The van der Waals surface area contributed by atoms with Crippen molar-refractivity contribution in [2.24, 2.45) is 5.92 Å². The van der Waals surface area contributed by atoms with Gasteiger partial charge in [-0.1, -0.05) is 11.6 Å². The zero-order valence-corrected chi connectivity index (χ0v) is 11.8. The predicted octanol–water partition coefficient (Wildman–Crippen LogP) is 3.55. The van der Waals surface area contributed by atoms with E-state index in [1.54, 1.807) is 31.3 Å². The molecule has 0 aliphatic heterocycles. The van der Waals surface area contributed by atoms with Gasteiger partial charge in [0.25, 0.3) is 0 Å². The number of pyridine rings is 1. The molecule has 1 unspecified atom stereocenters. The molecule has 2 N–H and O–H groups in total. The van der Waals surface area contributed by atoms with Crippen LogP contribution >= 0.6 is 11.6 Å². The maximum Gasteiger partial charge on any atom is 0.329 e. The molecule has 1 heterocycles. The third kappa shape index (κ3) is 2.20. The first kappa shape index (κ1) is 13.2. The van der Waals surface area contributed by atoms with Gasteiger partial charge in [-0.2, -0.15) is 0 Å². The molecule has 1 saturated carbocycles. The summed E-state index contributed by atoms with van der Waals surface area (Å²) >= 11 is 5.96. The Bertz CT molecular complexity index is 685. The Morgan fingerprint density at radius 2 is 2.20 bits per heavy atom. The molecule has 20 heavy (non-hydrogen) atoms. The average molecular weight is 291 g/mol. The van der Waals surface area contributed by atoms with Gasteiger partial charge < -0.3 is 10.4 Å². The van der Waals surface area contributed by atoms with Gasteiger partial charge >= 0.3 is 5.97 Å². The fourth-order valence-electron chi connectivity index (χ4n) is 2.50. The molecule has 0 radical (unpaired) electrons. The van der Waals surface area contributed by atoms with Crippen molar-refractivity contribution in [2.45, 2.75) is 25.3 Å². The quantitative estimate of drug-likeness (QED) is 0.904. The van der Waals surface area contributed by atoms with E-state index in [1.165, 1.54) is 0 Å². The van der Waals surface area contributed by atoms with E-state index in [1.807, 2.05) is 6.07 Å². The van der Waals surface area contributed by atoms with Crippen LogP contribution in [0.2, 0.25) is 5.02 Å². The maximum atomic E-state index is 11.6. The first-order valence-corrected chi connectivity index (χ1v) is 6.94. The summed E-state index contributed by atoms with van der Waals surface area (Å²) in [4.78, 5) is 15.9. The van der Waals surface area contributed by atoms with Crippen LogP contribution in [0, 0.1) is 5.92 Å². The van der Waals surface area contributed by atoms with Crippen LogP contribution in [0.5, 0.6) is 0 Å². The van der Waals surface area contributed by atoms with Crippen molar-refractivity contribution in [3.05, 3.63) is 35.5 Å². The van der Waals surface area contributed by atoms with Gasteiger partial charge in [-0.05, 0) is 49.9 Å². The number of carbonyl (C=O) groups is 1. The summed E-state index contributed by atoms with van der Waals surface area (Å²) in [6.07, 6.45) is 3.56. The number of aliphatic carboxylic acids is 1. The standard InChI is InChI=1S/C15H15ClN2O2/c1-15(14(19)20,9-2-3-9)18-12-6-7-17-13-8-10(16)4-5-11(12)13/h4-9H,2-3H2,1H3,(H,17,18)(H,19,20). The first-order chi connectivity index (χ1) is 9.50. The smallest absolute Gasteiger partial charge is 0.329 e. The van der Waals surface area contributed by atoms with Crippen LogP contribution in [-0.4, -0.2) is 21.6 Å². The van der Waals surface area contributed by atoms with Crippen LogP contribution in [-0.2, 0) is 4.79 Å². The Hall–Kier alpha value is -1.81. The first-order valence-electron chi connectivity index (χ1n) is 6.56. The highest BCUT2D eigenvalue weighted by Gasteiger charge is 2.47. The molecule has 3 rings (SSSR count). The number of benzene rings is 1. The van der Waals surface area contributed by atoms with E-state index in [-0.39, 0.29) is 5.92 Å². The molecule has 4 nitrogen and oxygen atoms in total. The predicted molar refractivity (Wildman–Crippen MR) is 79.1 cm³/mol. The number of nitrogens with one attached hydrogen (secondary N) is 1. The number of carboxylic acids is 1. The van der Waals surface area contributed by atoms with Crippen molar-refractivity contribution >= 4 is 34.2 Å². The molecule has 0 spiro atoms. The number of hydrogen-bond donors (Lipinski definition) is 2. The third-order valence-corrected chi connectivity index (χ3v) is 4.17. The second-order valence-corrected chi connectivity index (χ2v) is 5.86. The number of halogens is 1. The summed E-state index contributed by atoms with van der Waals surface area (Å²) in [5.74, 6) is -0.644. The Balaban J connectivity index is 2.04. The largest absolute Gasteiger partial charge is 0.480 e. The third-order valence-electron chi connectivity index (χ3n) is 3.94. The second kappa shape index (κ2) is 4.63. The Labute approximate surface area is 121 Å². The van der Waals surface area contributed by atoms with Crippen molar-refractivity contribution < 1.29 is 9.90 Å². The summed E-state index contributed by atoms with van der Waals surface area (Å²) in [5.41, 5.74) is 0.600. The minimum Gasteiger partial charge on any atom is -0.480 e. The molecule has 1 aliphatic rings. The highest BCUT2D eigenvalue weighted by molar-refractivity contribution is 6.31. The van der Waals surface area contributed by atoms with Crippen molar-refractivity contribution in [2.75, 3.05) is 5.32 Å². The van der Waals surface area contributed by atoms with Crippen molar-refractivity contribution in [3.63, 3.8) is 0 Å². The van der Waals surface area contributed by atoms with E-state index in [2.05, 4.69) is 10.3 Å². The summed E-state index contributed by atoms with van der Waals surface area (Å²) in [6, 6.07) is 7.23. The molecule has 2 aromatic rings. The zero-order valence-electron chi connectivity index (χ0n) is 11.1. The van der Waals surface area contributed by atoms with Crippen molar-refractivity contribution in [3.8, 4) is 0 Å². The molecule has 1 aromatic heterocycles. The lowest BCUT2D eigenvalue weighted by molar-refractivity contribution is -0.142. The molecule has 0 bridgehead atoms. The van der Waals surface area contributed by atoms with E-state index < -0.39 is 11.5 Å². The van der Waals surface area contributed by atoms with E-state index in [9.17, 15) is 9.90 Å². The van der Waals surface area contributed by atoms with Crippen LogP contribution in [0.15, 0.2) is 30.5 Å². The molecular weight excluding hydrogens is 276 g/mol. The van der Waals surface area contributed by atoms with Gasteiger partial charge in [-0.25, -0.2) is 4.79 Å². The van der Waals surface area contributed by atoms with Gasteiger partial charge in [0.05, 0.1) is 5.52 Å². The molecule has 1 aliphatic carbocycles. The maximum absolute atomic E-state index is 11.6. The van der Waals surface area contributed by atoms with E-state index in [0.717, 1.165) is 29.4 Å². The summed E-state index contributed by atoms with van der Waals surface area (Å²) < 4.78 is 0. The number of carboxylic acid groups (broad SMARTS) is 1. The minimum absolute atomic E-state index is 0.176. The number of hydrogen-bond acceptors (Lipinski definition) is 3. The highest BCUT2D eigenvalue weighted by atomic mass is 35.5. The average Bonchev–Trinajstić information content (AvgIpc) is 3.22. The Kier molecular flexibility index (Phi) is 3.05. The normalized spacial score (nSPS) is 17.7. The van der Waals surface area contributed by atoms with Gasteiger partial charge in [0, 0.05) is 22.3 Å². The van der Waals surface area contributed by atoms with E-state index >= 15 is 0 Å². The van der Waals surface area contributed by atoms with E-state index in [4.69, 9.17) is 11.6 Å². The zero-order chi connectivity index (χ0) is 14.3. The Morgan fingerprint density at radius 1 is 1.45 bits per heavy atom. The summed E-state index contributed by atoms with van der Waals surface area (Å²) in [5, 5.41) is 14.2. The number of aromatic nitrogens is 1. The monoisotopic (exact) mass is 290 g/mol. The van der Waals surface area contributed by atoms with Gasteiger partial charge in [-0.15, -0.1) is 0 Å².